The molecule has 0 heterocycles. The van der Waals surface area contributed by atoms with Gasteiger partial charge in [0.05, 0.1) is 4.92 Å². The predicted octanol–water partition coefficient (Wildman–Crippen LogP) is 3.13. The number of hydrogen-bond acceptors (Lipinski definition) is 4. The molecule has 0 radical (unpaired) electrons. The van der Waals surface area contributed by atoms with Crippen LogP contribution in [0.1, 0.15) is 45.2 Å². The fourth-order valence-electron chi connectivity index (χ4n) is 2.26. The van der Waals surface area contributed by atoms with Gasteiger partial charge in [-0.2, -0.15) is 0 Å². The highest BCUT2D eigenvalue weighted by Gasteiger charge is 2.23. The van der Waals surface area contributed by atoms with E-state index >= 15 is 0 Å². The highest BCUT2D eigenvalue weighted by atomic mass is 16.6. The fourth-order valence-corrected chi connectivity index (χ4v) is 2.26. The largest absolute Gasteiger partial charge is 0.480 e. The predicted molar refractivity (Wildman–Crippen MR) is 80.1 cm³/mol. The summed E-state index contributed by atoms with van der Waals surface area (Å²) in [5, 5.41) is 23.2. The smallest absolute Gasteiger partial charge is 0.320 e. The Morgan fingerprint density at radius 3 is 2.57 bits per heavy atom. The van der Waals surface area contributed by atoms with Crippen molar-refractivity contribution in [2.45, 2.75) is 45.7 Å². The van der Waals surface area contributed by atoms with Crippen LogP contribution in [-0.2, 0) is 4.79 Å². The van der Waals surface area contributed by atoms with Gasteiger partial charge in [-0.25, -0.2) is 0 Å². The molecule has 116 valence electrons. The van der Waals surface area contributed by atoms with Gasteiger partial charge in [-0.3, -0.25) is 20.2 Å². The minimum atomic E-state index is -0.896. The molecule has 0 spiro atoms. The average molecular weight is 294 g/mol. The minimum Gasteiger partial charge on any atom is -0.480 e. The second-order valence-electron chi connectivity index (χ2n) is 5.50. The third-order valence-corrected chi connectivity index (χ3v) is 3.30. The van der Waals surface area contributed by atoms with Crippen molar-refractivity contribution < 1.29 is 14.8 Å². The molecule has 1 rings (SSSR count). The van der Waals surface area contributed by atoms with Crippen LogP contribution in [0, 0.1) is 16.0 Å². The molecular weight excluding hydrogens is 272 g/mol. The van der Waals surface area contributed by atoms with Crippen molar-refractivity contribution in [2.24, 2.45) is 5.92 Å². The van der Waals surface area contributed by atoms with Gasteiger partial charge in [0.15, 0.2) is 0 Å². The third kappa shape index (κ3) is 5.15. The number of aliphatic carboxylic acids is 1. The zero-order chi connectivity index (χ0) is 16.0. The molecule has 2 N–H and O–H groups in total. The number of carboxylic acids is 1. The van der Waals surface area contributed by atoms with Crippen molar-refractivity contribution in [3.8, 4) is 0 Å². The molecule has 21 heavy (non-hydrogen) atoms. The highest BCUT2D eigenvalue weighted by molar-refractivity contribution is 5.73. The third-order valence-electron chi connectivity index (χ3n) is 3.30. The number of carbonyl (C=O) groups is 1. The molecule has 2 atom stereocenters. The Bertz CT molecular complexity index is 502. The number of nitro groups is 1. The van der Waals surface area contributed by atoms with Crippen LogP contribution in [0.3, 0.4) is 0 Å². The van der Waals surface area contributed by atoms with E-state index in [1.807, 2.05) is 20.8 Å². The summed E-state index contributed by atoms with van der Waals surface area (Å²) >= 11 is 0. The molecule has 0 aliphatic rings. The zero-order valence-electron chi connectivity index (χ0n) is 12.6. The Morgan fingerprint density at radius 2 is 2.10 bits per heavy atom. The minimum absolute atomic E-state index is 0.0171. The normalized spacial score (nSPS) is 13.9. The first-order chi connectivity index (χ1) is 9.85. The van der Waals surface area contributed by atoms with Gasteiger partial charge in [-0.05, 0) is 24.3 Å². The van der Waals surface area contributed by atoms with Crippen LogP contribution >= 0.6 is 0 Å². The molecule has 1 aromatic carbocycles. The number of nitro benzene ring substituents is 1. The van der Waals surface area contributed by atoms with E-state index in [0.717, 1.165) is 5.56 Å². The lowest BCUT2D eigenvalue weighted by atomic mass is 9.99. The van der Waals surface area contributed by atoms with Crippen LogP contribution in [0.4, 0.5) is 5.69 Å². The van der Waals surface area contributed by atoms with E-state index in [0.29, 0.717) is 12.8 Å². The van der Waals surface area contributed by atoms with E-state index in [-0.39, 0.29) is 17.6 Å². The second-order valence-corrected chi connectivity index (χ2v) is 5.50. The van der Waals surface area contributed by atoms with Crippen LogP contribution in [-0.4, -0.2) is 22.0 Å². The molecule has 1 aromatic rings. The molecule has 6 nitrogen and oxygen atoms in total. The summed E-state index contributed by atoms with van der Waals surface area (Å²) in [4.78, 5) is 21.7. The monoisotopic (exact) mass is 294 g/mol. The van der Waals surface area contributed by atoms with Gasteiger partial charge in [0, 0.05) is 18.2 Å². The molecule has 0 aliphatic carbocycles. The molecule has 0 bridgehead atoms. The SMILES string of the molecule is CCC(NC(CC(C)C)C(=O)O)c1cccc([N+](=O)[O-])c1. The Morgan fingerprint density at radius 1 is 1.43 bits per heavy atom. The number of rotatable bonds is 8. The van der Waals surface area contributed by atoms with Crippen molar-refractivity contribution >= 4 is 11.7 Å². The average Bonchev–Trinajstić information content (AvgIpc) is 2.42. The van der Waals surface area contributed by atoms with Crippen molar-refractivity contribution in [3.63, 3.8) is 0 Å². The highest BCUT2D eigenvalue weighted by Crippen LogP contribution is 2.23. The Balaban J connectivity index is 2.93. The zero-order valence-corrected chi connectivity index (χ0v) is 12.6. The quantitative estimate of drug-likeness (QED) is 0.567. The number of hydrogen-bond donors (Lipinski definition) is 2. The molecule has 0 aromatic heterocycles. The summed E-state index contributed by atoms with van der Waals surface area (Å²) in [5.41, 5.74) is 0.755. The van der Waals surface area contributed by atoms with Gasteiger partial charge in [0.1, 0.15) is 6.04 Å². The van der Waals surface area contributed by atoms with E-state index in [4.69, 9.17) is 0 Å². The second kappa shape index (κ2) is 7.73. The molecule has 0 saturated carbocycles. The summed E-state index contributed by atoms with van der Waals surface area (Å²) in [5.74, 6) is -0.645. The van der Waals surface area contributed by atoms with Crippen molar-refractivity contribution in [1.82, 2.24) is 5.32 Å². The summed E-state index contributed by atoms with van der Waals surface area (Å²) in [6.45, 7) is 5.85. The van der Waals surface area contributed by atoms with Crippen molar-refractivity contribution in [1.29, 1.82) is 0 Å². The molecule has 0 saturated heterocycles. The topological polar surface area (TPSA) is 92.5 Å². The molecule has 0 aliphatic heterocycles. The lowest BCUT2D eigenvalue weighted by molar-refractivity contribution is -0.384. The summed E-state index contributed by atoms with van der Waals surface area (Å²) in [6, 6.07) is 5.45. The number of nitrogens with one attached hydrogen (secondary N) is 1. The van der Waals surface area contributed by atoms with Crippen LogP contribution in [0.5, 0.6) is 0 Å². The van der Waals surface area contributed by atoms with Gasteiger partial charge < -0.3 is 5.11 Å². The fraction of sp³-hybridized carbons (Fsp3) is 0.533. The van der Waals surface area contributed by atoms with E-state index in [1.54, 1.807) is 12.1 Å². The van der Waals surface area contributed by atoms with E-state index in [1.165, 1.54) is 12.1 Å². The van der Waals surface area contributed by atoms with E-state index in [2.05, 4.69) is 5.32 Å². The molecule has 0 amide bonds. The first kappa shape index (κ1) is 17.1. The maximum absolute atomic E-state index is 11.3. The van der Waals surface area contributed by atoms with E-state index < -0.39 is 16.9 Å². The number of nitrogens with zero attached hydrogens (tertiary/aromatic N) is 1. The molecular formula is C15H22N2O4. The van der Waals surface area contributed by atoms with E-state index in [9.17, 15) is 20.0 Å². The van der Waals surface area contributed by atoms with Gasteiger partial charge in [-0.1, -0.05) is 32.9 Å². The van der Waals surface area contributed by atoms with Crippen LogP contribution in [0.15, 0.2) is 24.3 Å². The lowest BCUT2D eigenvalue weighted by Crippen LogP contribution is -2.40. The molecule has 6 heteroatoms. The maximum Gasteiger partial charge on any atom is 0.320 e. The first-order valence-electron chi connectivity index (χ1n) is 7.08. The number of non-ortho nitro benzene ring substituents is 1. The molecule has 2 unspecified atom stereocenters. The van der Waals surface area contributed by atoms with Crippen LogP contribution < -0.4 is 5.32 Å². The standard InChI is InChI=1S/C15H22N2O4/c1-4-13(16-14(15(18)19)8-10(2)3)11-6-5-7-12(9-11)17(20)21/h5-7,9-10,13-14,16H,4,8H2,1-3H3,(H,18,19). The van der Waals surface area contributed by atoms with Gasteiger partial charge >= 0.3 is 5.97 Å². The van der Waals surface area contributed by atoms with Gasteiger partial charge in [0.2, 0.25) is 0 Å². The number of benzene rings is 1. The number of carboxylic acid groups (broad SMARTS) is 1. The van der Waals surface area contributed by atoms with Crippen molar-refractivity contribution in [3.05, 3.63) is 39.9 Å². The maximum atomic E-state index is 11.3. The summed E-state index contributed by atoms with van der Waals surface area (Å²) < 4.78 is 0. The summed E-state index contributed by atoms with van der Waals surface area (Å²) in [7, 11) is 0. The van der Waals surface area contributed by atoms with Crippen LogP contribution in [0.25, 0.3) is 0 Å². The van der Waals surface area contributed by atoms with Gasteiger partial charge in [-0.15, -0.1) is 0 Å². The summed E-state index contributed by atoms with van der Waals surface area (Å²) in [6.07, 6.45) is 1.17. The Kier molecular flexibility index (Phi) is 6.30. The van der Waals surface area contributed by atoms with Crippen LogP contribution in [0.2, 0.25) is 0 Å². The first-order valence-corrected chi connectivity index (χ1v) is 7.08. The van der Waals surface area contributed by atoms with Crippen molar-refractivity contribution in [2.75, 3.05) is 0 Å². The Hall–Kier alpha value is -1.95. The Labute approximate surface area is 124 Å². The molecule has 0 fully saturated rings. The lowest BCUT2D eigenvalue weighted by Gasteiger charge is -2.23. The van der Waals surface area contributed by atoms with Gasteiger partial charge in [0.25, 0.3) is 5.69 Å².